The maximum Gasteiger partial charge on any atom is 0.270 e. The molecule has 0 saturated carbocycles. The molecule has 0 spiro atoms. The van der Waals surface area contributed by atoms with Crippen LogP contribution in [0, 0.1) is 6.92 Å². The standard InChI is InChI=1S/C19H17N7O2/c1-12-24-16-6-2-5-15(26(16)25-12)18(27)22-10-11-23-19(28)17-13-4-3-8-20-14(13)7-9-21-17/h2-9H,10-11H2,1H3,(H,22,27)(H,23,28). The first-order valence-corrected chi connectivity index (χ1v) is 8.72. The number of aryl methyl sites for hydroxylation is 1. The molecule has 9 nitrogen and oxygen atoms in total. The van der Waals surface area contributed by atoms with E-state index in [0.717, 1.165) is 0 Å². The minimum absolute atomic E-state index is 0.259. The van der Waals surface area contributed by atoms with E-state index in [1.54, 1.807) is 55.7 Å². The van der Waals surface area contributed by atoms with Crippen molar-refractivity contribution in [3.8, 4) is 0 Å². The van der Waals surface area contributed by atoms with Gasteiger partial charge in [-0.25, -0.2) is 9.50 Å². The van der Waals surface area contributed by atoms with E-state index in [4.69, 9.17) is 0 Å². The minimum Gasteiger partial charge on any atom is -0.349 e. The van der Waals surface area contributed by atoms with Gasteiger partial charge < -0.3 is 10.6 Å². The van der Waals surface area contributed by atoms with Crippen molar-refractivity contribution < 1.29 is 9.59 Å². The molecule has 0 saturated heterocycles. The van der Waals surface area contributed by atoms with Crippen LogP contribution in [0.15, 0.2) is 48.8 Å². The summed E-state index contributed by atoms with van der Waals surface area (Å²) < 4.78 is 1.50. The molecule has 4 aromatic heterocycles. The highest BCUT2D eigenvalue weighted by molar-refractivity contribution is 6.04. The van der Waals surface area contributed by atoms with Crippen LogP contribution < -0.4 is 10.6 Å². The number of hydrogen-bond donors (Lipinski definition) is 2. The number of amides is 2. The van der Waals surface area contributed by atoms with Gasteiger partial charge in [0.2, 0.25) is 0 Å². The lowest BCUT2D eigenvalue weighted by Gasteiger charge is -2.08. The van der Waals surface area contributed by atoms with Crippen LogP contribution in [-0.4, -0.2) is 49.5 Å². The molecule has 0 aromatic carbocycles. The van der Waals surface area contributed by atoms with E-state index < -0.39 is 0 Å². The Kier molecular flexibility index (Phi) is 4.63. The molecule has 0 atom stereocenters. The Bertz CT molecular complexity index is 1180. The van der Waals surface area contributed by atoms with Gasteiger partial charge >= 0.3 is 0 Å². The Balaban J connectivity index is 1.37. The molecule has 4 rings (SSSR count). The van der Waals surface area contributed by atoms with E-state index in [0.29, 0.717) is 33.8 Å². The molecule has 140 valence electrons. The van der Waals surface area contributed by atoms with Crippen LogP contribution in [-0.2, 0) is 0 Å². The molecule has 0 aliphatic rings. The summed E-state index contributed by atoms with van der Waals surface area (Å²) in [5.74, 6) is -0.0244. The zero-order chi connectivity index (χ0) is 19.5. The summed E-state index contributed by atoms with van der Waals surface area (Å²) in [5.41, 5.74) is 1.99. The summed E-state index contributed by atoms with van der Waals surface area (Å²) in [6.07, 6.45) is 3.21. The molecule has 2 N–H and O–H groups in total. The van der Waals surface area contributed by atoms with Gasteiger partial charge in [-0.1, -0.05) is 6.07 Å². The van der Waals surface area contributed by atoms with Crippen molar-refractivity contribution >= 4 is 28.4 Å². The summed E-state index contributed by atoms with van der Waals surface area (Å²) >= 11 is 0. The molecule has 0 radical (unpaired) electrons. The number of nitrogens with one attached hydrogen (secondary N) is 2. The second-order valence-electron chi connectivity index (χ2n) is 6.08. The maximum absolute atomic E-state index is 12.4. The van der Waals surface area contributed by atoms with Crippen LogP contribution in [0.25, 0.3) is 16.6 Å². The minimum atomic E-state index is -0.318. The highest BCUT2D eigenvalue weighted by Gasteiger charge is 2.13. The summed E-state index contributed by atoms with van der Waals surface area (Å²) in [7, 11) is 0. The fourth-order valence-electron chi connectivity index (χ4n) is 2.89. The molecular formula is C19H17N7O2. The lowest BCUT2D eigenvalue weighted by Crippen LogP contribution is -2.35. The van der Waals surface area contributed by atoms with Gasteiger partial charge in [0.05, 0.1) is 5.52 Å². The van der Waals surface area contributed by atoms with Gasteiger partial charge in [-0.3, -0.25) is 19.6 Å². The molecule has 0 unspecified atom stereocenters. The van der Waals surface area contributed by atoms with Gasteiger partial charge in [0.15, 0.2) is 5.65 Å². The number of hydrogen-bond acceptors (Lipinski definition) is 6. The summed E-state index contributed by atoms with van der Waals surface area (Å²) in [6.45, 7) is 2.29. The third-order valence-electron chi connectivity index (χ3n) is 4.14. The molecule has 9 heteroatoms. The van der Waals surface area contributed by atoms with E-state index >= 15 is 0 Å². The van der Waals surface area contributed by atoms with Crippen molar-refractivity contribution in [2.75, 3.05) is 13.1 Å². The smallest absolute Gasteiger partial charge is 0.270 e. The zero-order valence-corrected chi connectivity index (χ0v) is 15.1. The zero-order valence-electron chi connectivity index (χ0n) is 15.1. The Morgan fingerprint density at radius 1 is 0.964 bits per heavy atom. The Hall–Kier alpha value is -3.88. The first-order valence-electron chi connectivity index (χ1n) is 8.72. The normalized spacial score (nSPS) is 10.9. The molecule has 0 bridgehead atoms. The average molecular weight is 375 g/mol. The fraction of sp³-hybridized carbons (Fsp3) is 0.158. The van der Waals surface area contributed by atoms with Crippen molar-refractivity contribution in [3.05, 3.63) is 66.0 Å². The number of pyridine rings is 3. The molecule has 0 aliphatic carbocycles. The lowest BCUT2D eigenvalue weighted by molar-refractivity contribution is 0.0922. The van der Waals surface area contributed by atoms with Crippen LogP contribution >= 0.6 is 0 Å². The van der Waals surface area contributed by atoms with Crippen LogP contribution in [0.2, 0.25) is 0 Å². The van der Waals surface area contributed by atoms with Crippen LogP contribution in [0.4, 0.5) is 0 Å². The van der Waals surface area contributed by atoms with Crippen molar-refractivity contribution in [1.29, 1.82) is 0 Å². The number of nitrogens with zero attached hydrogens (tertiary/aromatic N) is 5. The molecule has 28 heavy (non-hydrogen) atoms. The summed E-state index contributed by atoms with van der Waals surface area (Å²) in [6, 6.07) is 10.5. The van der Waals surface area contributed by atoms with Crippen LogP contribution in [0.5, 0.6) is 0 Å². The quantitative estimate of drug-likeness (QED) is 0.506. The van der Waals surface area contributed by atoms with Gasteiger partial charge in [0.25, 0.3) is 11.8 Å². The lowest BCUT2D eigenvalue weighted by atomic mass is 10.2. The Morgan fingerprint density at radius 3 is 2.64 bits per heavy atom. The Labute approximate surface area is 159 Å². The Morgan fingerprint density at radius 2 is 1.79 bits per heavy atom. The second kappa shape index (κ2) is 7.39. The van der Waals surface area contributed by atoms with Crippen LogP contribution in [0.1, 0.15) is 26.8 Å². The van der Waals surface area contributed by atoms with Gasteiger partial charge in [-0.2, -0.15) is 5.10 Å². The van der Waals surface area contributed by atoms with Gasteiger partial charge in [-0.15, -0.1) is 0 Å². The van der Waals surface area contributed by atoms with E-state index in [1.807, 2.05) is 0 Å². The number of carbonyl (C=O) groups is 2. The van der Waals surface area contributed by atoms with E-state index in [-0.39, 0.29) is 24.9 Å². The van der Waals surface area contributed by atoms with Crippen molar-refractivity contribution in [3.63, 3.8) is 0 Å². The molecule has 4 aromatic rings. The van der Waals surface area contributed by atoms with Gasteiger partial charge in [0, 0.05) is 30.9 Å². The fourth-order valence-corrected chi connectivity index (χ4v) is 2.89. The van der Waals surface area contributed by atoms with E-state index in [2.05, 4.69) is 30.7 Å². The van der Waals surface area contributed by atoms with Crippen molar-refractivity contribution in [2.45, 2.75) is 6.92 Å². The first kappa shape index (κ1) is 17.5. The molecule has 0 aliphatic heterocycles. The highest BCUT2D eigenvalue weighted by Crippen LogP contribution is 2.13. The second-order valence-corrected chi connectivity index (χ2v) is 6.08. The summed E-state index contributed by atoms with van der Waals surface area (Å²) in [5, 5.41) is 10.4. The van der Waals surface area contributed by atoms with Gasteiger partial charge in [-0.05, 0) is 37.3 Å². The number of rotatable bonds is 5. The summed E-state index contributed by atoms with van der Waals surface area (Å²) in [4.78, 5) is 37.4. The molecule has 2 amide bonds. The number of aromatic nitrogens is 5. The average Bonchev–Trinajstić information content (AvgIpc) is 3.10. The van der Waals surface area contributed by atoms with Crippen molar-refractivity contribution in [2.24, 2.45) is 0 Å². The van der Waals surface area contributed by atoms with Gasteiger partial charge in [0.1, 0.15) is 17.2 Å². The van der Waals surface area contributed by atoms with Crippen LogP contribution in [0.3, 0.4) is 0 Å². The predicted octanol–water partition coefficient (Wildman–Crippen LogP) is 1.14. The first-order chi connectivity index (χ1) is 13.6. The number of fused-ring (bicyclic) bond motifs is 2. The third-order valence-corrected chi connectivity index (χ3v) is 4.14. The molecule has 0 fully saturated rings. The third kappa shape index (κ3) is 3.37. The molecular weight excluding hydrogens is 358 g/mol. The van der Waals surface area contributed by atoms with E-state index in [9.17, 15) is 9.59 Å². The highest BCUT2D eigenvalue weighted by atomic mass is 16.2. The topological polar surface area (TPSA) is 114 Å². The largest absolute Gasteiger partial charge is 0.349 e. The van der Waals surface area contributed by atoms with E-state index in [1.165, 1.54) is 4.52 Å². The SMILES string of the molecule is Cc1nc2cccc(C(=O)NCCNC(=O)c3nccc4ncccc34)n2n1. The maximum atomic E-state index is 12.4. The van der Waals surface area contributed by atoms with Crippen molar-refractivity contribution in [1.82, 2.24) is 35.2 Å². The monoisotopic (exact) mass is 375 g/mol. The molecule has 4 heterocycles. The predicted molar refractivity (Wildman–Crippen MR) is 102 cm³/mol. The number of carbonyl (C=O) groups excluding carboxylic acids is 2.